The molecular formula is C42H32N2. The van der Waals surface area contributed by atoms with Crippen molar-refractivity contribution in [3.05, 3.63) is 188 Å². The van der Waals surface area contributed by atoms with Crippen LogP contribution in [-0.2, 0) is 0 Å². The van der Waals surface area contributed by atoms with Gasteiger partial charge in [0, 0.05) is 34.4 Å². The molecule has 0 spiro atoms. The zero-order valence-corrected chi connectivity index (χ0v) is 24.4. The molecule has 1 aliphatic carbocycles. The molecule has 0 saturated heterocycles. The molecule has 2 atom stereocenters. The molecule has 2 nitrogen and oxygen atoms in total. The summed E-state index contributed by atoms with van der Waals surface area (Å²) in [5, 5.41) is 0. The van der Waals surface area contributed by atoms with E-state index < -0.39 is 0 Å². The quantitative estimate of drug-likeness (QED) is 0.198. The number of para-hydroxylation sites is 2. The summed E-state index contributed by atoms with van der Waals surface area (Å²) in [7, 11) is 0. The summed E-state index contributed by atoms with van der Waals surface area (Å²) in [6.07, 6.45) is 9.04. The van der Waals surface area contributed by atoms with Crippen molar-refractivity contribution >= 4 is 28.4 Å². The molecule has 0 N–H and O–H groups in total. The van der Waals surface area contributed by atoms with Crippen molar-refractivity contribution in [2.75, 3.05) is 9.80 Å². The standard InChI is InChI=1S/C42H32N2/c1-4-12-31(13-5-1)32-20-25-37(26-21-32)43(35-14-6-2-7-15-35)38-27-22-33(23-28-38)34-24-29-42-40(30-34)39-18-10-11-19-41(39)44(42)36-16-8-3-9-17-36/h1-30,39,41H. The molecule has 1 aliphatic heterocycles. The van der Waals surface area contributed by atoms with Gasteiger partial charge >= 0.3 is 0 Å². The van der Waals surface area contributed by atoms with Gasteiger partial charge in [0.25, 0.3) is 0 Å². The Morgan fingerprint density at radius 1 is 0.432 bits per heavy atom. The summed E-state index contributed by atoms with van der Waals surface area (Å²) in [6, 6.07) is 57.0. The highest BCUT2D eigenvalue weighted by Crippen LogP contribution is 2.49. The molecule has 1 heterocycles. The van der Waals surface area contributed by atoms with Crippen LogP contribution >= 0.6 is 0 Å². The fraction of sp³-hybridized carbons (Fsp3) is 0.0476. The average Bonchev–Trinajstić information content (AvgIpc) is 3.44. The molecule has 0 amide bonds. The van der Waals surface area contributed by atoms with Crippen molar-refractivity contribution in [2.24, 2.45) is 0 Å². The second-order valence-electron chi connectivity index (χ2n) is 11.4. The van der Waals surface area contributed by atoms with Crippen LogP contribution in [0.15, 0.2) is 182 Å². The van der Waals surface area contributed by atoms with Gasteiger partial charge in [-0.2, -0.15) is 0 Å². The molecule has 2 aliphatic rings. The van der Waals surface area contributed by atoms with E-state index in [9.17, 15) is 0 Å². The third-order valence-electron chi connectivity index (χ3n) is 8.79. The maximum Gasteiger partial charge on any atom is 0.0629 e. The Labute approximate surface area is 259 Å². The van der Waals surface area contributed by atoms with Crippen molar-refractivity contribution in [3.8, 4) is 22.3 Å². The predicted octanol–water partition coefficient (Wildman–Crippen LogP) is 11.2. The molecule has 2 heteroatoms. The van der Waals surface area contributed by atoms with E-state index in [1.54, 1.807) is 0 Å². The van der Waals surface area contributed by atoms with Crippen LogP contribution in [0.2, 0.25) is 0 Å². The molecule has 2 unspecified atom stereocenters. The SMILES string of the molecule is C1=CC2c3cc(-c4ccc(N(c5ccccc5)c5ccc(-c6ccccc6)cc5)cc4)ccc3N(c3ccccc3)C2C=C1. The van der Waals surface area contributed by atoms with E-state index in [4.69, 9.17) is 0 Å². The van der Waals surface area contributed by atoms with Gasteiger partial charge in [-0.3, -0.25) is 0 Å². The van der Waals surface area contributed by atoms with Gasteiger partial charge in [-0.15, -0.1) is 0 Å². The van der Waals surface area contributed by atoms with Crippen molar-refractivity contribution in [3.63, 3.8) is 0 Å². The summed E-state index contributed by atoms with van der Waals surface area (Å²) in [5.74, 6) is 0.335. The Bertz CT molecular complexity index is 1940. The first-order valence-corrected chi connectivity index (χ1v) is 15.3. The second-order valence-corrected chi connectivity index (χ2v) is 11.4. The van der Waals surface area contributed by atoms with Gasteiger partial charge in [0.15, 0.2) is 0 Å². The Morgan fingerprint density at radius 3 is 1.59 bits per heavy atom. The lowest BCUT2D eigenvalue weighted by atomic mass is 9.89. The number of anilines is 5. The van der Waals surface area contributed by atoms with Gasteiger partial charge in [-0.05, 0) is 88.5 Å². The van der Waals surface area contributed by atoms with E-state index >= 15 is 0 Å². The Balaban J connectivity index is 1.13. The van der Waals surface area contributed by atoms with Crippen LogP contribution in [-0.4, -0.2) is 6.04 Å². The van der Waals surface area contributed by atoms with Gasteiger partial charge < -0.3 is 9.80 Å². The highest BCUT2D eigenvalue weighted by atomic mass is 15.2. The van der Waals surface area contributed by atoms with Gasteiger partial charge in [-0.1, -0.05) is 121 Å². The van der Waals surface area contributed by atoms with E-state index in [1.807, 2.05) is 0 Å². The summed E-state index contributed by atoms with van der Waals surface area (Å²) in [4.78, 5) is 4.80. The fourth-order valence-corrected chi connectivity index (χ4v) is 6.67. The van der Waals surface area contributed by atoms with Gasteiger partial charge in [-0.25, -0.2) is 0 Å². The monoisotopic (exact) mass is 564 g/mol. The van der Waals surface area contributed by atoms with E-state index in [0.717, 1.165) is 17.1 Å². The van der Waals surface area contributed by atoms with Gasteiger partial charge in [0.05, 0.1) is 6.04 Å². The number of hydrogen-bond donors (Lipinski definition) is 0. The Hall–Kier alpha value is -5.60. The highest BCUT2D eigenvalue weighted by Gasteiger charge is 2.37. The molecule has 210 valence electrons. The largest absolute Gasteiger partial charge is 0.333 e. The number of rotatable bonds is 6. The van der Waals surface area contributed by atoms with E-state index in [0.29, 0.717) is 12.0 Å². The summed E-state index contributed by atoms with van der Waals surface area (Å²) < 4.78 is 0. The van der Waals surface area contributed by atoms with Crippen LogP contribution in [0, 0.1) is 0 Å². The minimum absolute atomic E-state index is 0.294. The molecule has 6 aromatic carbocycles. The van der Waals surface area contributed by atoms with Crippen molar-refractivity contribution in [1.29, 1.82) is 0 Å². The molecular weight excluding hydrogens is 532 g/mol. The second kappa shape index (κ2) is 11.2. The Morgan fingerprint density at radius 2 is 0.932 bits per heavy atom. The van der Waals surface area contributed by atoms with Crippen LogP contribution in [0.4, 0.5) is 28.4 Å². The lowest BCUT2D eigenvalue weighted by Crippen LogP contribution is -2.28. The maximum atomic E-state index is 2.48. The number of hydrogen-bond acceptors (Lipinski definition) is 2. The molecule has 0 aromatic heterocycles. The summed E-state index contributed by atoms with van der Waals surface area (Å²) in [6.45, 7) is 0. The molecule has 6 aromatic rings. The lowest BCUT2D eigenvalue weighted by Gasteiger charge is -2.28. The maximum absolute atomic E-state index is 2.48. The van der Waals surface area contributed by atoms with E-state index in [2.05, 4.69) is 192 Å². The molecule has 0 fully saturated rings. The topological polar surface area (TPSA) is 6.48 Å². The number of allylic oxidation sites excluding steroid dienone is 2. The zero-order chi connectivity index (χ0) is 29.3. The lowest BCUT2D eigenvalue weighted by molar-refractivity contribution is 0.745. The minimum Gasteiger partial charge on any atom is -0.333 e. The highest BCUT2D eigenvalue weighted by molar-refractivity contribution is 5.82. The normalized spacial score (nSPS) is 16.4. The number of fused-ring (bicyclic) bond motifs is 3. The van der Waals surface area contributed by atoms with Crippen molar-refractivity contribution in [1.82, 2.24) is 0 Å². The predicted molar refractivity (Wildman–Crippen MR) is 185 cm³/mol. The first kappa shape index (κ1) is 26.1. The smallest absolute Gasteiger partial charge is 0.0629 e. The molecule has 44 heavy (non-hydrogen) atoms. The summed E-state index contributed by atoms with van der Waals surface area (Å²) in [5.41, 5.74) is 12.2. The van der Waals surface area contributed by atoms with Gasteiger partial charge in [0.1, 0.15) is 0 Å². The van der Waals surface area contributed by atoms with Crippen LogP contribution in [0.3, 0.4) is 0 Å². The fourth-order valence-electron chi connectivity index (χ4n) is 6.67. The molecule has 8 rings (SSSR count). The molecule has 0 radical (unpaired) electrons. The van der Waals surface area contributed by atoms with Crippen LogP contribution in [0.1, 0.15) is 11.5 Å². The third-order valence-corrected chi connectivity index (χ3v) is 8.79. The minimum atomic E-state index is 0.294. The van der Waals surface area contributed by atoms with Gasteiger partial charge in [0.2, 0.25) is 0 Å². The number of nitrogens with zero attached hydrogens (tertiary/aromatic N) is 2. The Kier molecular flexibility index (Phi) is 6.66. The van der Waals surface area contributed by atoms with E-state index in [1.165, 1.54) is 39.2 Å². The van der Waals surface area contributed by atoms with E-state index in [-0.39, 0.29) is 0 Å². The van der Waals surface area contributed by atoms with Crippen molar-refractivity contribution in [2.45, 2.75) is 12.0 Å². The zero-order valence-electron chi connectivity index (χ0n) is 24.4. The molecule has 0 bridgehead atoms. The average molecular weight is 565 g/mol. The van der Waals surface area contributed by atoms with Crippen LogP contribution < -0.4 is 9.80 Å². The number of benzene rings is 6. The van der Waals surface area contributed by atoms with Crippen molar-refractivity contribution < 1.29 is 0 Å². The first-order chi connectivity index (χ1) is 21.8. The third kappa shape index (κ3) is 4.71. The summed E-state index contributed by atoms with van der Waals surface area (Å²) >= 11 is 0. The van der Waals surface area contributed by atoms with Crippen LogP contribution in [0.25, 0.3) is 22.3 Å². The first-order valence-electron chi connectivity index (χ1n) is 15.3. The molecule has 0 saturated carbocycles. The van der Waals surface area contributed by atoms with Crippen LogP contribution in [0.5, 0.6) is 0 Å².